The Labute approximate surface area is 124 Å². The molecule has 0 bridgehead atoms. The van der Waals surface area contributed by atoms with Gasteiger partial charge in [-0.2, -0.15) is 0 Å². The Bertz CT molecular complexity index is 946. The van der Waals surface area contributed by atoms with Gasteiger partial charge in [-0.1, -0.05) is 17.7 Å². The van der Waals surface area contributed by atoms with E-state index in [0.717, 1.165) is 4.57 Å². The first-order chi connectivity index (χ1) is 10.1. The number of nitrogens with zero attached hydrogens (tertiary/aromatic N) is 4. The molecule has 2 heterocycles. The van der Waals surface area contributed by atoms with Crippen molar-refractivity contribution in [3.63, 3.8) is 0 Å². The van der Waals surface area contributed by atoms with Crippen molar-refractivity contribution in [3.8, 4) is 5.69 Å². The third kappa shape index (κ3) is 2.13. The number of fused-ring (bicyclic) bond motifs is 1. The highest BCUT2D eigenvalue weighted by atomic mass is 35.5. The van der Waals surface area contributed by atoms with Crippen molar-refractivity contribution in [1.82, 2.24) is 19.1 Å². The summed E-state index contributed by atoms with van der Waals surface area (Å²) in [4.78, 5) is 33.0. The lowest BCUT2D eigenvalue weighted by atomic mass is 10.3. The van der Waals surface area contributed by atoms with Crippen LogP contribution in [-0.2, 0) is 6.54 Å². The Balaban J connectivity index is 2.53. The third-order valence-electron chi connectivity index (χ3n) is 3.14. The van der Waals surface area contributed by atoms with Crippen molar-refractivity contribution in [2.75, 3.05) is 0 Å². The monoisotopic (exact) mass is 302 g/mol. The van der Waals surface area contributed by atoms with Crippen molar-refractivity contribution in [3.05, 3.63) is 62.5 Å². The Morgan fingerprint density at radius 2 is 1.95 bits per heavy atom. The molecule has 2 aromatic heterocycles. The zero-order chi connectivity index (χ0) is 15.0. The van der Waals surface area contributed by atoms with Crippen LogP contribution in [0.1, 0.15) is 6.92 Å². The Kier molecular flexibility index (Phi) is 3.31. The maximum Gasteiger partial charge on any atom is 0.337 e. The summed E-state index contributed by atoms with van der Waals surface area (Å²) in [5.41, 5.74) is 0.0141. The molecule has 0 saturated carbocycles. The first kappa shape index (κ1) is 13.5. The van der Waals surface area contributed by atoms with Gasteiger partial charge in [0.15, 0.2) is 11.2 Å². The number of halogens is 1. The van der Waals surface area contributed by atoms with Crippen molar-refractivity contribution in [1.29, 1.82) is 0 Å². The first-order valence-electron chi connectivity index (χ1n) is 6.36. The Morgan fingerprint density at radius 1 is 1.19 bits per heavy atom. The zero-order valence-corrected chi connectivity index (χ0v) is 11.9. The van der Waals surface area contributed by atoms with Crippen LogP contribution in [0.5, 0.6) is 0 Å². The van der Waals surface area contributed by atoms with Crippen LogP contribution in [0.3, 0.4) is 0 Å². The van der Waals surface area contributed by atoms with Crippen LogP contribution >= 0.6 is 11.6 Å². The number of hydrogen-bond acceptors (Lipinski definition) is 4. The van der Waals surface area contributed by atoms with Crippen molar-refractivity contribution < 1.29 is 0 Å². The molecule has 1 aromatic carbocycles. The molecule has 21 heavy (non-hydrogen) atoms. The second kappa shape index (κ2) is 5.14. The van der Waals surface area contributed by atoms with Crippen LogP contribution in [0.4, 0.5) is 0 Å². The van der Waals surface area contributed by atoms with Gasteiger partial charge in [-0.25, -0.2) is 19.3 Å². The summed E-state index contributed by atoms with van der Waals surface area (Å²) in [6.07, 6.45) is 2.87. The van der Waals surface area contributed by atoms with Gasteiger partial charge in [0.2, 0.25) is 0 Å². The summed E-state index contributed by atoms with van der Waals surface area (Å²) in [6.45, 7) is 1.98. The molecule has 0 aliphatic rings. The molecule has 3 aromatic rings. The van der Waals surface area contributed by atoms with Crippen LogP contribution in [0.25, 0.3) is 16.9 Å². The number of rotatable bonds is 2. The third-order valence-corrected chi connectivity index (χ3v) is 3.38. The molecule has 0 unspecified atom stereocenters. The standard InChI is InChI=1S/C14H11ClN4O2/c1-2-18-13(20)11-12(17-7-6-16-11)19(14(18)21)10-5-3-4-9(15)8-10/h3-8H,2H2,1H3. The second-order valence-electron chi connectivity index (χ2n) is 4.38. The summed E-state index contributed by atoms with van der Waals surface area (Å²) in [6, 6.07) is 6.81. The summed E-state index contributed by atoms with van der Waals surface area (Å²) in [5, 5.41) is 0.491. The van der Waals surface area contributed by atoms with Crippen LogP contribution in [0.15, 0.2) is 46.2 Å². The highest BCUT2D eigenvalue weighted by Crippen LogP contribution is 2.15. The van der Waals surface area contributed by atoms with E-state index in [9.17, 15) is 9.59 Å². The van der Waals surface area contributed by atoms with Gasteiger partial charge in [0.05, 0.1) is 5.69 Å². The molecular weight excluding hydrogens is 292 g/mol. The van der Waals surface area contributed by atoms with E-state index >= 15 is 0 Å². The molecule has 0 aliphatic heterocycles. The molecule has 0 atom stereocenters. The van der Waals surface area contributed by atoms with E-state index < -0.39 is 11.2 Å². The van der Waals surface area contributed by atoms with E-state index in [1.807, 2.05) is 0 Å². The fourth-order valence-electron chi connectivity index (χ4n) is 2.20. The highest BCUT2D eigenvalue weighted by molar-refractivity contribution is 6.30. The first-order valence-corrected chi connectivity index (χ1v) is 6.73. The Morgan fingerprint density at radius 3 is 2.67 bits per heavy atom. The van der Waals surface area contributed by atoms with Gasteiger partial charge in [-0.3, -0.25) is 9.36 Å². The van der Waals surface area contributed by atoms with Crippen LogP contribution in [0.2, 0.25) is 5.02 Å². The predicted molar refractivity (Wildman–Crippen MR) is 80.1 cm³/mol. The lowest BCUT2D eigenvalue weighted by Gasteiger charge is -2.11. The second-order valence-corrected chi connectivity index (χ2v) is 4.81. The molecule has 106 valence electrons. The molecule has 0 amide bonds. The van der Waals surface area contributed by atoms with E-state index in [1.165, 1.54) is 17.0 Å². The van der Waals surface area contributed by atoms with Crippen molar-refractivity contribution in [2.24, 2.45) is 0 Å². The van der Waals surface area contributed by atoms with E-state index in [4.69, 9.17) is 11.6 Å². The molecule has 0 aliphatic carbocycles. The van der Waals surface area contributed by atoms with Crippen molar-refractivity contribution in [2.45, 2.75) is 13.5 Å². The van der Waals surface area contributed by atoms with Crippen molar-refractivity contribution >= 4 is 22.8 Å². The maximum atomic E-state index is 12.6. The largest absolute Gasteiger partial charge is 0.337 e. The molecule has 0 spiro atoms. The number of hydrogen-bond donors (Lipinski definition) is 0. The van der Waals surface area contributed by atoms with Gasteiger partial charge < -0.3 is 0 Å². The van der Waals surface area contributed by atoms with Gasteiger partial charge in [0, 0.05) is 24.0 Å². The van der Waals surface area contributed by atoms with E-state index in [-0.39, 0.29) is 17.7 Å². The maximum absolute atomic E-state index is 12.6. The summed E-state index contributed by atoms with van der Waals surface area (Å²) >= 11 is 5.98. The summed E-state index contributed by atoms with van der Waals surface area (Å²) in [7, 11) is 0. The molecule has 0 radical (unpaired) electrons. The molecule has 3 rings (SSSR count). The molecule has 0 N–H and O–H groups in total. The predicted octanol–water partition coefficient (Wildman–Crippen LogP) is 1.62. The van der Waals surface area contributed by atoms with Crippen LogP contribution in [0, 0.1) is 0 Å². The molecule has 0 saturated heterocycles. The molecular formula is C14H11ClN4O2. The zero-order valence-electron chi connectivity index (χ0n) is 11.2. The summed E-state index contributed by atoms with van der Waals surface area (Å²) < 4.78 is 2.47. The number of aromatic nitrogens is 4. The molecule has 6 nitrogen and oxygen atoms in total. The topological polar surface area (TPSA) is 69.8 Å². The normalized spacial score (nSPS) is 11.0. The lowest BCUT2D eigenvalue weighted by molar-refractivity contribution is 0.657. The van der Waals surface area contributed by atoms with Gasteiger partial charge in [0.25, 0.3) is 5.56 Å². The van der Waals surface area contributed by atoms with Gasteiger partial charge in [-0.05, 0) is 25.1 Å². The SMILES string of the molecule is CCn1c(=O)c2nccnc2n(-c2cccc(Cl)c2)c1=O. The van der Waals surface area contributed by atoms with Crippen LogP contribution in [-0.4, -0.2) is 19.1 Å². The van der Waals surface area contributed by atoms with Gasteiger partial charge >= 0.3 is 5.69 Å². The minimum Gasteiger partial charge on any atom is -0.267 e. The molecule has 0 fully saturated rings. The highest BCUT2D eigenvalue weighted by Gasteiger charge is 2.15. The fraction of sp³-hybridized carbons (Fsp3) is 0.143. The average Bonchev–Trinajstić information content (AvgIpc) is 2.48. The molecule has 7 heteroatoms. The smallest absolute Gasteiger partial charge is 0.267 e. The average molecular weight is 303 g/mol. The van der Waals surface area contributed by atoms with Gasteiger partial charge in [0.1, 0.15) is 0 Å². The van der Waals surface area contributed by atoms with E-state index in [0.29, 0.717) is 10.7 Å². The van der Waals surface area contributed by atoms with Gasteiger partial charge in [-0.15, -0.1) is 0 Å². The fourth-order valence-corrected chi connectivity index (χ4v) is 2.38. The quantitative estimate of drug-likeness (QED) is 0.721. The number of benzene rings is 1. The van der Waals surface area contributed by atoms with E-state index in [2.05, 4.69) is 9.97 Å². The van der Waals surface area contributed by atoms with E-state index in [1.54, 1.807) is 31.2 Å². The minimum atomic E-state index is -0.460. The lowest BCUT2D eigenvalue weighted by Crippen LogP contribution is -2.39. The Hall–Kier alpha value is -2.47. The summed E-state index contributed by atoms with van der Waals surface area (Å²) in [5.74, 6) is 0. The minimum absolute atomic E-state index is 0.152. The van der Waals surface area contributed by atoms with Crippen LogP contribution < -0.4 is 11.2 Å².